The maximum Gasteiger partial charge on any atom is 0.237 e. The van der Waals surface area contributed by atoms with Gasteiger partial charge in [-0.05, 0) is 110 Å². The fourth-order valence-corrected chi connectivity index (χ4v) is 8.83. The number of aromatic nitrogens is 3. The van der Waals surface area contributed by atoms with E-state index in [1.54, 1.807) is 0 Å². The van der Waals surface area contributed by atoms with E-state index < -0.39 is 0 Å². The first-order chi connectivity index (χ1) is 26.4. The summed E-state index contributed by atoms with van der Waals surface area (Å²) in [6.45, 7) is 7.80. The zero-order valence-electron chi connectivity index (χ0n) is 30.7. The molecular weight excluding hydrogens is 677 g/mol. The van der Waals surface area contributed by atoms with Crippen LogP contribution in [0.4, 0.5) is 28.7 Å². The molecular formula is C43H46N8O3. The van der Waals surface area contributed by atoms with E-state index in [0.29, 0.717) is 31.3 Å². The Hall–Kier alpha value is -5.71. The van der Waals surface area contributed by atoms with Crippen molar-refractivity contribution in [2.24, 2.45) is 11.8 Å². The number of nitrogens with one attached hydrogen (secondary N) is 3. The van der Waals surface area contributed by atoms with Gasteiger partial charge in [-0.1, -0.05) is 24.3 Å². The molecule has 4 aliphatic heterocycles. The maximum absolute atomic E-state index is 12.3. The van der Waals surface area contributed by atoms with E-state index in [1.807, 2.05) is 12.4 Å². The lowest BCUT2D eigenvalue weighted by molar-refractivity contribution is -0.134. The normalized spacial score (nSPS) is 19.5. The molecule has 0 saturated carbocycles. The van der Waals surface area contributed by atoms with Crippen molar-refractivity contribution in [3.8, 4) is 17.0 Å². The highest BCUT2D eigenvalue weighted by Gasteiger charge is 2.31. The molecule has 11 nitrogen and oxygen atoms in total. The number of amides is 2. The predicted octanol–water partition coefficient (Wildman–Crippen LogP) is 7.20. The van der Waals surface area contributed by atoms with Crippen LogP contribution in [0.25, 0.3) is 22.0 Å². The quantitative estimate of drug-likeness (QED) is 0.149. The number of piperidine rings is 3. The van der Waals surface area contributed by atoms with Crippen molar-refractivity contribution in [2.45, 2.75) is 51.4 Å². The second kappa shape index (κ2) is 14.6. The number of ether oxygens (including phenoxy) is 1. The lowest BCUT2D eigenvalue weighted by atomic mass is 9.78. The molecule has 1 unspecified atom stereocenters. The molecule has 2 amide bonds. The van der Waals surface area contributed by atoms with Gasteiger partial charge in [0.05, 0.1) is 11.4 Å². The van der Waals surface area contributed by atoms with Gasteiger partial charge < -0.3 is 25.2 Å². The number of fused-ring (bicyclic) bond motifs is 2. The van der Waals surface area contributed by atoms with Crippen molar-refractivity contribution in [3.05, 3.63) is 90.3 Å². The van der Waals surface area contributed by atoms with Gasteiger partial charge in [-0.25, -0.2) is 15.0 Å². The number of rotatable bonds is 7. The fraction of sp³-hybridized carbons (Fsp3) is 0.372. The third-order valence-corrected chi connectivity index (χ3v) is 12.0. The van der Waals surface area contributed by atoms with Gasteiger partial charge in [-0.15, -0.1) is 0 Å². The summed E-state index contributed by atoms with van der Waals surface area (Å²) in [6.07, 6.45) is 9.63. The number of hydrogen-bond donors (Lipinski definition) is 3. The number of imide groups is 1. The Morgan fingerprint density at radius 3 is 2.17 bits per heavy atom. The Morgan fingerprint density at radius 2 is 1.48 bits per heavy atom. The van der Waals surface area contributed by atoms with Gasteiger partial charge in [0.1, 0.15) is 12.3 Å². The highest BCUT2D eigenvalue weighted by atomic mass is 16.5. The largest absolute Gasteiger partial charge is 0.474 e. The van der Waals surface area contributed by atoms with Gasteiger partial charge in [-0.2, -0.15) is 0 Å². The standard InChI is InChI=1S/C43H46N8O3/c1-27-37(26-45-42-40(27)44-18-23-54-42)31-2-3-32-25-46-43(48-38(32)24-31)47-33-6-10-35(11-7-33)51-21-16-29(17-22-51)28-14-19-50(20-15-28)34-8-4-30(5-9-34)36-12-13-39(52)49-41(36)53/h2-11,24-26,28-29,36,44H,12-23H2,1H3,(H,46,47,48)(H,49,52,53). The number of benzene rings is 3. The molecule has 3 N–H and O–H groups in total. The number of anilines is 5. The first-order valence-electron chi connectivity index (χ1n) is 19.4. The minimum absolute atomic E-state index is 0.169. The van der Waals surface area contributed by atoms with Crippen molar-refractivity contribution in [3.63, 3.8) is 0 Å². The number of carbonyl (C=O) groups is 2. The Balaban J connectivity index is 0.772. The second-order valence-electron chi connectivity index (χ2n) is 15.1. The lowest BCUT2D eigenvalue weighted by Gasteiger charge is -2.41. The van der Waals surface area contributed by atoms with Crippen LogP contribution in [0.1, 0.15) is 55.6 Å². The fourth-order valence-electron chi connectivity index (χ4n) is 8.83. The summed E-state index contributed by atoms with van der Waals surface area (Å²) >= 11 is 0. The van der Waals surface area contributed by atoms with Crippen molar-refractivity contribution in [2.75, 3.05) is 59.8 Å². The SMILES string of the molecule is Cc1c(-c2ccc3cnc(Nc4ccc(N5CCC(C6CCN(c7ccc(C8CCC(=O)NC8=O)cc7)CC6)CC5)cc4)nc3c2)cnc2c1NCCO2. The maximum atomic E-state index is 12.3. The van der Waals surface area contributed by atoms with Crippen LogP contribution in [-0.4, -0.2) is 66.1 Å². The van der Waals surface area contributed by atoms with E-state index in [9.17, 15) is 9.59 Å². The number of pyridine rings is 1. The topological polar surface area (TPSA) is 125 Å². The van der Waals surface area contributed by atoms with Gasteiger partial charge in [0.2, 0.25) is 23.6 Å². The third-order valence-electron chi connectivity index (χ3n) is 12.0. The average Bonchev–Trinajstić information content (AvgIpc) is 3.21. The van der Waals surface area contributed by atoms with Gasteiger partial charge in [0, 0.05) is 79.6 Å². The van der Waals surface area contributed by atoms with Crippen molar-refractivity contribution in [1.29, 1.82) is 0 Å². The van der Waals surface area contributed by atoms with E-state index in [0.717, 1.165) is 89.1 Å². The molecule has 54 heavy (non-hydrogen) atoms. The van der Waals surface area contributed by atoms with Crippen LogP contribution in [0.2, 0.25) is 0 Å². The molecule has 3 saturated heterocycles. The predicted molar refractivity (Wildman–Crippen MR) is 213 cm³/mol. The summed E-state index contributed by atoms with van der Waals surface area (Å²) in [5.74, 6) is 2.19. The van der Waals surface area contributed by atoms with E-state index >= 15 is 0 Å². The zero-order valence-corrected chi connectivity index (χ0v) is 30.7. The summed E-state index contributed by atoms with van der Waals surface area (Å²) in [5.41, 5.74) is 9.50. The van der Waals surface area contributed by atoms with Crippen molar-refractivity contribution >= 4 is 51.4 Å². The molecule has 0 radical (unpaired) electrons. The first-order valence-corrected chi connectivity index (χ1v) is 19.4. The number of hydrogen-bond acceptors (Lipinski definition) is 10. The van der Waals surface area contributed by atoms with E-state index in [-0.39, 0.29) is 17.7 Å². The van der Waals surface area contributed by atoms with Gasteiger partial charge in [0.15, 0.2) is 0 Å². The van der Waals surface area contributed by atoms with Crippen LogP contribution in [0.15, 0.2) is 79.1 Å². The second-order valence-corrected chi connectivity index (χ2v) is 15.1. The molecule has 276 valence electrons. The summed E-state index contributed by atoms with van der Waals surface area (Å²) in [6, 6.07) is 23.3. The lowest BCUT2D eigenvalue weighted by Crippen LogP contribution is -2.41. The minimum Gasteiger partial charge on any atom is -0.474 e. The zero-order chi connectivity index (χ0) is 36.6. The number of nitrogens with zero attached hydrogens (tertiary/aromatic N) is 5. The molecule has 5 aromatic rings. The van der Waals surface area contributed by atoms with Gasteiger partial charge in [-0.3, -0.25) is 14.9 Å². The molecule has 0 bridgehead atoms. The monoisotopic (exact) mass is 722 g/mol. The third kappa shape index (κ3) is 6.90. The van der Waals surface area contributed by atoms with Crippen LogP contribution in [0, 0.1) is 18.8 Å². The summed E-state index contributed by atoms with van der Waals surface area (Å²) in [5, 5.41) is 10.3. The molecule has 9 rings (SSSR count). The number of carbonyl (C=O) groups excluding carboxylic acids is 2. The summed E-state index contributed by atoms with van der Waals surface area (Å²) < 4.78 is 5.72. The highest BCUT2D eigenvalue weighted by Crippen LogP contribution is 2.38. The Labute approximate surface area is 315 Å². The Kier molecular flexibility index (Phi) is 9.22. The summed E-state index contributed by atoms with van der Waals surface area (Å²) in [7, 11) is 0. The first kappa shape index (κ1) is 34.1. The molecule has 2 aromatic heterocycles. The molecule has 0 aliphatic carbocycles. The molecule has 3 fully saturated rings. The van der Waals surface area contributed by atoms with Crippen LogP contribution < -0.4 is 30.5 Å². The average molecular weight is 723 g/mol. The molecule has 11 heteroatoms. The molecule has 0 spiro atoms. The summed E-state index contributed by atoms with van der Waals surface area (Å²) in [4.78, 5) is 42.9. The molecule has 4 aliphatic rings. The van der Waals surface area contributed by atoms with E-state index in [2.05, 4.69) is 109 Å². The van der Waals surface area contributed by atoms with Crippen LogP contribution in [0.5, 0.6) is 5.88 Å². The van der Waals surface area contributed by atoms with Crippen LogP contribution in [0.3, 0.4) is 0 Å². The van der Waals surface area contributed by atoms with E-state index in [4.69, 9.17) is 9.72 Å². The minimum atomic E-state index is -0.230. The molecule has 6 heterocycles. The van der Waals surface area contributed by atoms with Crippen LogP contribution >= 0.6 is 0 Å². The van der Waals surface area contributed by atoms with Crippen molar-refractivity contribution in [1.82, 2.24) is 20.3 Å². The van der Waals surface area contributed by atoms with Gasteiger partial charge in [0.25, 0.3) is 0 Å². The molecule has 1 atom stereocenters. The Morgan fingerprint density at radius 1 is 0.796 bits per heavy atom. The van der Waals surface area contributed by atoms with Gasteiger partial charge >= 0.3 is 0 Å². The molecule has 3 aromatic carbocycles. The van der Waals surface area contributed by atoms with E-state index in [1.165, 1.54) is 37.1 Å². The van der Waals surface area contributed by atoms with Crippen molar-refractivity contribution < 1.29 is 14.3 Å². The highest BCUT2D eigenvalue weighted by molar-refractivity contribution is 6.01. The van der Waals surface area contributed by atoms with Crippen LogP contribution in [-0.2, 0) is 9.59 Å². The Bertz CT molecular complexity index is 2170. The smallest absolute Gasteiger partial charge is 0.237 e.